The number of piperidine rings is 1. The van der Waals surface area contributed by atoms with E-state index >= 15 is 0 Å². The molecule has 1 aliphatic rings. The molecular weight excluding hydrogens is 266 g/mol. The number of rotatable bonds is 4. The highest BCUT2D eigenvalue weighted by molar-refractivity contribution is 5.74. The van der Waals surface area contributed by atoms with Crippen LogP contribution in [0, 0.1) is 0 Å². The third kappa shape index (κ3) is 4.62. The number of carbonyl (C=O) groups is 1. The number of amides is 2. The number of nitrogens with zero attached hydrogens (tertiary/aromatic N) is 2. The minimum absolute atomic E-state index is 0.0182. The summed E-state index contributed by atoms with van der Waals surface area (Å²) >= 11 is 0. The van der Waals surface area contributed by atoms with Crippen molar-refractivity contribution in [3.8, 4) is 5.88 Å². The topological polar surface area (TPSA) is 54.5 Å². The third-order valence-corrected chi connectivity index (χ3v) is 3.66. The van der Waals surface area contributed by atoms with E-state index in [-0.39, 0.29) is 12.1 Å². The van der Waals surface area contributed by atoms with E-state index in [0.717, 1.165) is 24.9 Å². The highest BCUT2D eigenvalue weighted by Crippen LogP contribution is 2.16. The molecule has 1 fully saturated rings. The van der Waals surface area contributed by atoms with E-state index in [2.05, 4.69) is 17.2 Å². The number of pyridine rings is 1. The van der Waals surface area contributed by atoms with Gasteiger partial charge in [0, 0.05) is 31.4 Å². The van der Waals surface area contributed by atoms with Gasteiger partial charge in [0.1, 0.15) is 0 Å². The maximum absolute atomic E-state index is 12.2. The summed E-state index contributed by atoms with van der Waals surface area (Å²) < 4.78 is 5.50. The van der Waals surface area contributed by atoms with Crippen LogP contribution in [0.15, 0.2) is 18.3 Å². The molecule has 116 valence electrons. The maximum Gasteiger partial charge on any atom is 0.317 e. The van der Waals surface area contributed by atoms with Crippen LogP contribution in [-0.2, 0) is 6.54 Å². The van der Waals surface area contributed by atoms with Gasteiger partial charge in [0.15, 0.2) is 0 Å². The monoisotopic (exact) mass is 291 g/mol. The minimum Gasteiger partial charge on any atom is -0.475 e. The van der Waals surface area contributed by atoms with Gasteiger partial charge < -0.3 is 15.0 Å². The number of carbonyl (C=O) groups excluding carboxylic acids is 1. The van der Waals surface area contributed by atoms with Crippen LogP contribution in [0.25, 0.3) is 0 Å². The number of aromatic nitrogens is 1. The predicted octanol–water partition coefficient (Wildman–Crippen LogP) is 2.95. The van der Waals surface area contributed by atoms with Crippen molar-refractivity contribution in [1.29, 1.82) is 0 Å². The summed E-state index contributed by atoms with van der Waals surface area (Å²) in [5.41, 5.74) is 0.976. The Labute approximate surface area is 126 Å². The van der Waals surface area contributed by atoms with Gasteiger partial charge in [-0.25, -0.2) is 9.78 Å². The van der Waals surface area contributed by atoms with Crippen LogP contribution in [0.3, 0.4) is 0 Å². The van der Waals surface area contributed by atoms with E-state index in [1.165, 1.54) is 6.42 Å². The number of likely N-dealkylation sites (tertiary alicyclic amines) is 1. The van der Waals surface area contributed by atoms with Gasteiger partial charge in [-0.05, 0) is 45.6 Å². The van der Waals surface area contributed by atoms with Crippen molar-refractivity contribution in [1.82, 2.24) is 15.2 Å². The molecule has 0 spiro atoms. The van der Waals surface area contributed by atoms with Crippen LogP contribution < -0.4 is 10.1 Å². The fourth-order valence-corrected chi connectivity index (χ4v) is 2.51. The Morgan fingerprint density at radius 1 is 1.48 bits per heavy atom. The average molecular weight is 291 g/mol. The van der Waals surface area contributed by atoms with Crippen molar-refractivity contribution in [3.63, 3.8) is 0 Å². The van der Waals surface area contributed by atoms with Crippen molar-refractivity contribution in [2.24, 2.45) is 0 Å². The lowest BCUT2D eigenvalue weighted by Gasteiger charge is -2.33. The summed E-state index contributed by atoms with van der Waals surface area (Å²) in [6.07, 6.45) is 5.27. The predicted molar refractivity (Wildman–Crippen MR) is 82.3 cm³/mol. The van der Waals surface area contributed by atoms with E-state index in [1.807, 2.05) is 30.9 Å². The van der Waals surface area contributed by atoms with Crippen LogP contribution in [0.5, 0.6) is 5.88 Å². The number of nitrogens with one attached hydrogen (secondary N) is 1. The van der Waals surface area contributed by atoms with Gasteiger partial charge in [-0.2, -0.15) is 0 Å². The Hall–Kier alpha value is -1.78. The molecule has 2 rings (SSSR count). The van der Waals surface area contributed by atoms with Crippen LogP contribution >= 0.6 is 0 Å². The molecule has 1 aliphatic heterocycles. The molecule has 1 unspecified atom stereocenters. The number of ether oxygens (including phenoxy) is 1. The molecule has 1 aromatic rings. The molecule has 0 aromatic carbocycles. The molecule has 2 amide bonds. The molecule has 1 N–H and O–H groups in total. The Morgan fingerprint density at radius 2 is 2.29 bits per heavy atom. The first kappa shape index (κ1) is 15.6. The lowest BCUT2D eigenvalue weighted by atomic mass is 10.0. The lowest BCUT2D eigenvalue weighted by Crippen LogP contribution is -2.47. The van der Waals surface area contributed by atoms with Gasteiger partial charge in [0.2, 0.25) is 5.88 Å². The Balaban J connectivity index is 1.83. The first-order valence-electron chi connectivity index (χ1n) is 7.72. The molecule has 21 heavy (non-hydrogen) atoms. The summed E-state index contributed by atoms with van der Waals surface area (Å²) in [5.74, 6) is 0.615. The van der Waals surface area contributed by atoms with Crippen molar-refractivity contribution in [3.05, 3.63) is 23.9 Å². The van der Waals surface area contributed by atoms with E-state index in [4.69, 9.17) is 4.74 Å². The van der Waals surface area contributed by atoms with Crippen LogP contribution in [-0.4, -0.2) is 34.6 Å². The zero-order valence-corrected chi connectivity index (χ0v) is 13.1. The van der Waals surface area contributed by atoms with E-state index in [9.17, 15) is 4.79 Å². The SMILES string of the molecule is CC(C)Oc1ccc(CNC(=O)N2CCCCC2C)cn1. The fourth-order valence-electron chi connectivity index (χ4n) is 2.51. The van der Waals surface area contributed by atoms with Crippen molar-refractivity contribution < 1.29 is 9.53 Å². The van der Waals surface area contributed by atoms with Gasteiger partial charge in [-0.1, -0.05) is 6.07 Å². The first-order valence-corrected chi connectivity index (χ1v) is 7.72. The molecular formula is C16H25N3O2. The summed E-state index contributed by atoms with van der Waals surface area (Å²) in [5, 5.41) is 2.97. The van der Waals surface area contributed by atoms with E-state index in [0.29, 0.717) is 18.5 Å². The molecule has 5 heteroatoms. The Bertz CT molecular complexity index is 459. The van der Waals surface area contributed by atoms with Gasteiger partial charge in [0.05, 0.1) is 6.10 Å². The van der Waals surface area contributed by atoms with Gasteiger partial charge in [-0.3, -0.25) is 0 Å². The standard InChI is InChI=1S/C16H25N3O2/c1-12(2)21-15-8-7-14(10-17-15)11-18-16(20)19-9-5-4-6-13(19)3/h7-8,10,12-13H,4-6,9,11H2,1-3H3,(H,18,20). The van der Waals surface area contributed by atoms with Crippen molar-refractivity contribution in [2.75, 3.05) is 6.54 Å². The highest BCUT2D eigenvalue weighted by Gasteiger charge is 2.22. The molecule has 0 radical (unpaired) electrons. The highest BCUT2D eigenvalue weighted by atomic mass is 16.5. The summed E-state index contributed by atoms with van der Waals surface area (Å²) in [4.78, 5) is 18.3. The largest absolute Gasteiger partial charge is 0.475 e. The third-order valence-electron chi connectivity index (χ3n) is 3.66. The molecule has 1 aromatic heterocycles. The second-order valence-electron chi connectivity index (χ2n) is 5.87. The van der Waals surface area contributed by atoms with Gasteiger partial charge >= 0.3 is 6.03 Å². The molecule has 0 saturated carbocycles. The fraction of sp³-hybridized carbons (Fsp3) is 0.625. The molecule has 0 aliphatic carbocycles. The Kier molecular flexibility index (Phi) is 5.42. The number of hydrogen-bond acceptors (Lipinski definition) is 3. The Morgan fingerprint density at radius 3 is 2.90 bits per heavy atom. The molecule has 0 bridgehead atoms. The van der Waals surface area contributed by atoms with Crippen LogP contribution in [0.2, 0.25) is 0 Å². The second-order valence-corrected chi connectivity index (χ2v) is 5.87. The van der Waals surface area contributed by atoms with Gasteiger partial charge in [0.25, 0.3) is 0 Å². The van der Waals surface area contributed by atoms with E-state index in [1.54, 1.807) is 6.20 Å². The zero-order chi connectivity index (χ0) is 15.2. The van der Waals surface area contributed by atoms with Crippen molar-refractivity contribution in [2.45, 2.75) is 58.7 Å². The number of hydrogen-bond donors (Lipinski definition) is 1. The van der Waals surface area contributed by atoms with Crippen molar-refractivity contribution >= 4 is 6.03 Å². The lowest BCUT2D eigenvalue weighted by molar-refractivity contribution is 0.158. The average Bonchev–Trinajstić information content (AvgIpc) is 2.46. The summed E-state index contributed by atoms with van der Waals surface area (Å²) in [6, 6.07) is 4.12. The van der Waals surface area contributed by atoms with Gasteiger partial charge in [-0.15, -0.1) is 0 Å². The molecule has 5 nitrogen and oxygen atoms in total. The molecule has 2 heterocycles. The first-order chi connectivity index (χ1) is 10.1. The zero-order valence-electron chi connectivity index (χ0n) is 13.1. The number of urea groups is 1. The normalized spacial score (nSPS) is 18.7. The molecule has 1 saturated heterocycles. The minimum atomic E-state index is 0.0182. The maximum atomic E-state index is 12.2. The van der Waals surface area contributed by atoms with Crippen LogP contribution in [0.4, 0.5) is 4.79 Å². The molecule has 1 atom stereocenters. The quantitative estimate of drug-likeness (QED) is 0.928. The summed E-state index contributed by atoms with van der Waals surface area (Å²) in [7, 11) is 0. The summed E-state index contributed by atoms with van der Waals surface area (Å²) in [6.45, 7) is 7.40. The second kappa shape index (κ2) is 7.29. The smallest absolute Gasteiger partial charge is 0.317 e. The van der Waals surface area contributed by atoms with E-state index < -0.39 is 0 Å². The van der Waals surface area contributed by atoms with Crippen LogP contribution in [0.1, 0.15) is 45.6 Å².